The number of nitrogens with zero attached hydrogens (tertiary/aromatic N) is 1. The van der Waals surface area contributed by atoms with Crippen molar-refractivity contribution in [3.8, 4) is 0 Å². The van der Waals surface area contributed by atoms with Gasteiger partial charge in [0.1, 0.15) is 5.82 Å². The van der Waals surface area contributed by atoms with Crippen LogP contribution in [-0.2, 0) is 6.42 Å². The number of anilines is 1. The maximum atomic E-state index is 6.17. The number of aromatic nitrogens is 1. The fourth-order valence-corrected chi connectivity index (χ4v) is 3.25. The van der Waals surface area contributed by atoms with Crippen LogP contribution in [0.2, 0.25) is 5.02 Å². The first kappa shape index (κ1) is 15.2. The van der Waals surface area contributed by atoms with Crippen molar-refractivity contribution in [2.45, 2.75) is 17.4 Å². The molecule has 1 aromatic carbocycles. The van der Waals surface area contributed by atoms with E-state index in [1.807, 2.05) is 43.4 Å². The standard InChI is InChI=1S/C15H18ClN3S/c1-18-12(8-11-6-7-19-15(17)9-11)10-20-14-5-3-2-4-13(14)16/h2-7,9,12,18H,8,10H2,1H3,(H2,17,19). The van der Waals surface area contributed by atoms with Crippen LogP contribution in [0.15, 0.2) is 47.5 Å². The average Bonchev–Trinajstić information content (AvgIpc) is 2.45. The number of halogens is 1. The van der Waals surface area contributed by atoms with Gasteiger partial charge in [0.15, 0.2) is 0 Å². The molecule has 1 atom stereocenters. The minimum Gasteiger partial charge on any atom is -0.384 e. The van der Waals surface area contributed by atoms with E-state index in [0.717, 1.165) is 22.1 Å². The predicted molar refractivity (Wildman–Crippen MR) is 87.4 cm³/mol. The third-order valence-electron chi connectivity index (χ3n) is 3.01. The van der Waals surface area contributed by atoms with Crippen LogP contribution in [0.4, 0.5) is 5.82 Å². The van der Waals surface area contributed by atoms with Gasteiger partial charge in [0.05, 0.1) is 5.02 Å². The van der Waals surface area contributed by atoms with E-state index in [-0.39, 0.29) is 0 Å². The highest BCUT2D eigenvalue weighted by Gasteiger charge is 2.09. The minimum absolute atomic E-state index is 0.359. The molecule has 0 bridgehead atoms. The van der Waals surface area contributed by atoms with E-state index in [4.69, 9.17) is 17.3 Å². The highest BCUT2D eigenvalue weighted by molar-refractivity contribution is 7.99. The number of hydrogen-bond acceptors (Lipinski definition) is 4. The second kappa shape index (κ2) is 7.53. The molecule has 1 aromatic heterocycles. The molecule has 0 fully saturated rings. The maximum Gasteiger partial charge on any atom is 0.123 e. The monoisotopic (exact) mass is 307 g/mol. The lowest BCUT2D eigenvalue weighted by Gasteiger charge is -2.16. The van der Waals surface area contributed by atoms with Crippen molar-refractivity contribution in [2.75, 3.05) is 18.5 Å². The molecule has 5 heteroatoms. The lowest BCUT2D eigenvalue weighted by Crippen LogP contribution is -2.30. The Bertz CT molecular complexity index is 562. The van der Waals surface area contributed by atoms with Crippen LogP contribution in [0.25, 0.3) is 0 Å². The van der Waals surface area contributed by atoms with E-state index in [2.05, 4.69) is 10.3 Å². The Hall–Kier alpha value is -1.23. The number of nitrogens with two attached hydrogens (primary N) is 1. The van der Waals surface area contributed by atoms with Crippen molar-refractivity contribution in [3.05, 3.63) is 53.2 Å². The predicted octanol–water partition coefficient (Wildman–Crippen LogP) is 3.24. The number of pyridine rings is 1. The van der Waals surface area contributed by atoms with Crippen LogP contribution < -0.4 is 11.1 Å². The van der Waals surface area contributed by atoms with E-state index in [1.165, 1.54) is 5.56 Å². The summed E-state index contributed by atoms with van der Waals surface area (Å²) in [6, 6.07) is 12.2. The van der Waals surface area contributed by atoms with Crippen LogP contribution in [0.3, 0.4) is 0 Å². The molecule has 0 aliphatic heterocycles. The van der Waals surface area contributed by atoms with Gasteiger partial charge in [0.25, 0.3) is 0 Å². The molecule has 1 heterocycles. The number of hydrogen-bond donors (Lipinski definition) is 2. The normalized spacial score (nSPS) is 12.3. The topological polar surface area (TPSA) is 50.9 Å². The van der Waals surface area contributed by atoms with Gasteiger partial charge in [-0.25, -0.2) is 4.98 Å². The summed E-state index contributed by atoms with van der Waals surface area (Å²) in [6.45, 7) is 0. The Morgan fingerprint density at radius 2 is 2.15 bits per heavy atom. The molecule has 1 unspecified atom stereocenters. The van der Waals surface area contributed by atoms with E-state index in [0.29, 0.717) is 11.9 Å². The summed E-state index contributed by atoms with van der Waals surface area (Å²) < 4.78 is 0. The molecule has 3 nitrogen and oxygen atoms in total. The first-order valence-electron chi connectivity index (χ1n) is 6.44. The Balaban J connectivity index is 1.94. The SMILES string of the molecule is CNC(CSc1ccccc1Cl)Cc1ccnc(N)c1. The van der Waals surface area contributed by atoms with Crippen LogP contribution in [0, 0.1) is 0 Å². The lowest BCUT2D eigenvalue weighted by atomic mass is 10.1. The van der Waals surface area contributed by atoms with Crippen LogP contribution in [0.5, 0.6) is 0 Å². The first-order valence-corrected chi connectivity index (χ1v) is 7.80. The quantitative estimate of drug-likeness (QED) is 0.804. The zero-order chi connectivity index (χ0) is 14.4. The molecule has 106 valence electrons. The Labute approximate surface area is 128 Å². The summed E-state index contributed by atoms with van der Waals surface area (Å²) in [6.07, 6.45) is 2.67. The van der Waals surface area contributed by atoms with Crippen molar-refractivity contribution < 1.29 is 0 Å². The smallest absolute Gasteiger partial charge is 0.123 e. The van der Waals surface area contributed by atoms with Crippen molar-refractivity contribution in [2.24, 2.45) is 0 Å². The van der Waals surface area contributed by atoms with Crippen LogP contribution in [-0.4, -0.2) is 23.8 Å². The van der Waals surface area contributed by atoms with Gasteiger partial charge >= 0.3 is 0 Å². The average molecular weight is 308 g/mol. The maximum absolute atomic E-state index is 6.17. The third kappa shape index (κ3) is 4.40. The Morgan fingerprint density at radius 1 is 1.35 bits per heavy atom. The molecule has 0 aliphatic carbocycles. The van der Waals surface area contributed by atoms with E-state index in [1.54, 1.807) is 18.0 Å². The molecule has 0 spiro atoms. The van der Waals surface area contributed by atoms with Gasteiger partial charge in [-0.3, -0.25) is 0 Å². The highest BCUT2D eigenvalue weighted by Crippen LogP contribution is 2.27. The molecule has 0 amide bonds. The molecule has 0 radical (unpaired) electrons. The fraction of sp³-hybridized carbons (Fsp3) is 0.267. The van der Waals surface area contributed by atoms with E-state index < -0.39 is 0 Å². The molecule has 0 saturated carbocycles. The Kier molecular flexibility index (Phi) is 5.71. The summed E-state index contributed by atoms with van der Waals surface area (Å²) in [5.41, 5.74) is 6.90. The first-order chi connectivity index (χ1) is 9.69. The zero-order valence-corrected chi connectivity index (χ0v) is 12.9. The summed E-state index contributed by atoms with van der Waals surface area (Å²) in [5.74, 6) is 1.51. The van der Waals surface area contributed by atoms with Crippen LogP contribution >= 0.6 is 23.4 Å². The number of likely N-dealkylation sites (N-methyl/N-ethyl adjacent to an activating group) is 1. The molecule has 2 aromatic rings. The van der Waals surface area contributed by atoms with Gasteiger partial charge in [-0.05, 0) is 43.3 Å². The lowest BCUT2D eigenvalue weighted by molar-refractivity contribution is 0.617. The summed E-state index contributed by atoms with van der Waals surface area (Å²) >= 11 is 7.93. The molecule has 2 rings (SSSR count). The van der Waals surface area contributed by atoms with Gasteiger partial charge in [-0.1, -0.05) is 23.7 Å². The molecule has 0 aliphatic rings. The summed E-state index contributed by atoms with van der Waals surface area (Å²) in [4.78, 5) is 5.13. The van der Waals surface area contributed by atoms with Crippen molar-refractivity contribution in [1.29, 1.82) is 0 Å². The number of nitrogens with one attached hydrogen (secondary N) is 1. The zero-order valence-electron chi connectivity index (χ0n) is 11.3. The van der Waals surface area contributed by atoms with Crippen molar-refractivity contribution in [1.82, 2.24) is 10.3 Å². The van der Waals surface area contributed by atoms with Gasteiger partial charge in [-0.2, -0.15) is 0 Å². The largest absolute Gasteiger partial charge is 0.384 e. The second-order valence-corrected chi connectivity index (χ2v) is 5.99. The number of nitrogen functional groups attached to an aromatic ring is 1. The number of benzene rings is 1. The number of thioether (sulfide) groups is 1. The highest BCUT2D eigenvalue weighted by atomic mass is 35.5. The fourth-order valence-electron chi connectivity index (χ4n) is 1.90. The second-order valence-electron chi connectivity index (χ2n) is 4.52. The molecular formula is C15H18ClN3S. The molecule has 3 N–H and O–H groups in total. The minimum atomic E-state index is 0.359. The van der Waals surface area contributed by atoms with Gasteiger partial charge in [0, 0.05) is 22.9 Å². The molecular weight excluding hydrogens is 290 g/mol. The Morgan fingerprint density at radius 3 is 2.85 bits per heavy atom. The molecule has 0 saturated heterocycles. The number of rotatable bonds is 6. The van der Waals surface area contributed by atoms with Crippen molar-refractivity contribution in [3.63, 3.8) is 0 Å². The molecule has 20 heavy (non-hydrogen) atoms. The third-order valence-corrected chi connectivity index (χ3v) is 4.69. The van der Waals surface area contributed by atoms with E-state index in [9.17, 15) is 0 Å². The van der Waals surface area contributed by atoms with Crippen LogP contribution in [0.1, 0.15) is 5.56 Å². The van der Waals surface area contributed by atoms with Gasteiger partial charge in [0.2, 0.25) is 0 Å². The van der Waals surface area contributed by atoms with Gasteiger partial charge in [-0.15, -0.1) is 11.8 Å². The van der Waals surface area contributed by atoms with Gasteiger partial charge < -0.3 is 11.1 Å². The van der Waals surface area contributed by atoms with Crippen molar-refractivity contribution >= 4 is 29.2 Å². The van der Waals surface area contributed by atoms with E-state index >= 15 is 0 Å². The summed E-state index contributed by atoms with van der Waals surface area (Å²) in [7, 11) is 1.97. The summed E-state index contributed by atoms with van der Waals surface area (Å²) in [5, 5.41) is 4.14.